The Kier molecular flexibility index (Phi) is 7.70. The molecule has 172 valence electrons. The lowest BCUT2D eigenvalue weighted by Gasteiger charge is -2.11. The van der Waals surface area contributed by atoms with Crippen molar-refractivity contribution >= 4 is 52.3 Å². The number of rotatable bonds is 8. The molecule has 4 aromatic carbocycles. The summed E-state index contributed by atoms with van der Waals surface area (Å²) in [5.41, 5.74) is 0.421. The third-order valence-corrected chi connectivity index (χ3v) is 8.10. The molecule has 0 saturated heterocycles. The van der Waals surface area contributed by atoms with Crippen LogP contribution in [0.5, 0.6) is 5.75 Å². The van der Waals surface area contributed by atoms with Crippen LogP contribution in [0.15, 0.2) is 122 Å². The van der Waals surface area contributed by atoms with Gasteiger partial charge in [-0.1, -0.05) is 59.9 Å². The van der Waals surface area contributed by atoms with Crippen LogP contribution in [-0.2, 0) is 10.1 Å². The second-order valence-electron chi connectivity index (χ2n) is 7.05. The summed E-state index contributed by atoms with van der Waals surface area (Å²) in [6.45, 7) is 0. The standard InChI is InChI=1S/C25H18O5S4/c26-25(17-11-13-22(21(15-17)30-31)32-19-7-3-1-4-8-19)18-12-14-23(24(16-18)34(27,28)29)33-20-9-5-2-6-10-20/h1-16,31H,(H,27,28,29). The summed E-state index contributed by atoms with van der Waals surface area (Å²) < 4.78 is 39.1. The first kappa shape index (κ1) is 24.4. The van der Waals surface area contributed by atoms with Gasteiger partial charge in [-0.05, 0) is 60.7 Å². The Balaban J connectivity index is 1.66. The maximum absolute atomic E-state index is 13.2. The zero-order chi connectivity index (χ0) is 24.1. The van der Waals surface area contributed by atoms with Crippen LogP contribution in [0.2, 0.25) is 0 Å². The van der Waals surface area contributed by atoms with Crippen LogP contribution in [0, 0.1) is 0 Å². The minimum Gasteiger partial charge on any atom is -0.428 e. The first-order chi connectivity index (χ1) is 16.3. The number of carbonyl (C=O) groups is 1. The third-order valence-electron chi connectivity index (χ3n) is 4.73. The van der Waals surface area contributed by atoms with Gasteiger partial charge in [-0.15, -0.1) is 0 Å². The summed E-state index contributed by atoms with van der Waals surface area (Å²) in [5, 5.41) is 0. The van der Waals surface area contributed by atoms with Crippen molar-refractivity contribution in [3.63, 3.8) is 0 Å². The molecule has 0 saturated carbocycles. The molecule has 0 unspecified atom stereocenters. The SMILES string of the molecule is O=C(c1ccc(Sc2ccccc2)c(OS)c1)c1ccc(Sc2ccccc2)c(S(=O)(=O)O)c1. The van der Waals surface area contributed by atoms with Gasteiger partial charge >= 0.3 is 0 Å². The lowest BCUT2D eigenvalue weighted by Crippen LogP contribution is -2.06. The van der Waals surface area contributed by atoms with Crippen molar-refractivity contribution in [2.75, 3.05) is 0 Å². The maximum atomic E-state index is 13.2. The van der Waals surface area contributed by atoms with E-state index in [0.29, 0.717) is 16.2 Å². The molecule has 9 heteroatoms. The lowest BCUT2D eigenvalue weighted by molar-refractivity contribution is 0.103. The molecule has 34 heavy (non-hydrogen) atoms. The first-order valence-electron chi connectivity index (χ1n) is 9.92. The van der Waals surface area contributed by atoms with E-state index in [4.69, 9.17) is 4.18 Å². The summed E-state index contributed by atoms with van der Waals surface area (Å²) in [7, 11) is -4.56. The highest BCUT2D eigenvalue weighted by atomic mass is 32.2. The van der Waals surface area contributed by atoms with E-state index in [1.54, 1.807) is 18.2 Å². The van der Waals surface area contributed by atoms with Crippen LogP contribution in [0.4, 0.5) is 0 Å². The fraction of sp³-hybridized carbons (Fsp3) is 0. The van der Waals surface area contributed by atoms with Crippen molar-refractivity contribution in [1.29, 1.82) is 0 Å². The number of thiol groups is 1. The fourth-order valence-electron chi connectivity index (χ4n) is 3.14. The summed E-state index contributed by atoms with van der Waals surface area (Å²) in [6.07, 6.45) is 0. The summed E-state index contributed by atoms with van der Waals surface area (Å²) in [6, 6.07) is 28.0. The van der Waals surface area contributed by atoms with Crippen molar-refractivity contribution in [2.45, 2.75) is 24.5 Å². The Hall–Kier alpha value is -2.69. The molecule has 0 aliphatic carbocycles. The van der Waals surface area contributed by atoms with Gasteiger partial charge in [0.2, 0.25) is 0 Å². The normalized spacial score (nSPS) is 11.2. The molecule has 0 aliphatic rings. The Morgan fingerprint density at radius 3 is 1.76 bits per heavy atom. The van der Waals surface area contributed by atoms with Crippen molar-refractivity contribution < 1.29 is 21.9 Å². The molecule has 0 heterocycles. The highest BCUT2D eigenvalue weighted by Crippen LogP contribution is 2.37. The van der Waals surface area contributed by atoms with Crippen LogP contribution in [0.25, 0.3) is 0 Å². The average Bonchev–Trinajstić information content (AvgIpc) is 2.85. The molecule has 0 aromatic heterocycles. The maximum Gasteiger partial charge on any atom is 0.295 e. The quantitative estimate of drug-likeness (QED) is 0.115. The van der Waals surface area contributed by atoms with E-state index in [0.717, 1.165) is 14.7 Å². The van der Waals surface area contributed by atoms with Gasteiger partial charge in [0.15, 0.2) is 11.5 Å². The third kappa shape index (κ3) is 5.86. The van der Waals surface area contributed by atoms with E-state index in [-0.39, 0.29) is 10.5 Å². The van der Waals surface area contributed by atoms with Crippen molar-refractivity contribution in [3.05, 3.63) is 108 Å². The van der Waals surface area contributed by atoms with Gasteiger partial charge in [0.1, 0.15) is 4.90 Å². The van der Waals surface area contributed by atoms with Gasteiger partial charge in [0.05, 0.1) is 4.90 Å². The molecule has 0 spiro atoms. The molecule has 1 N–H and O–H groups in total. The lowest BCUT2D eigenvalue weighted by atomic mass is 10.0. The monoisotopic (exact) mass is 526 g/mol. The van der Waals surface area contributed by atoms with Gasteiger partial charge in [0, 0.05) is 38.7 Å². The molecule has 0 fully saturated rings. The van der Waals surface area contributed by atoms with E-state index in [9.17, 15) is 17.8 Å². The Bertz CT molecular complexity index is 1420. The topological polar surface area (TPSA) is 80.7 Å². The molecule has 0 amide bonds. The second kappa shape index (κ2) is 10.7. The highest BCUT2D eigenvalue weighted by Gasteiger charge is 2.21. The van der Waals surface area contributed by atoms with E-state index in [2.05, 4.69) is 12.9 Å². The number of carbonyl (C=O) groups excluding carboxylic acids is 1. The predicted molar refractivity (Wildman–Crippen MR) is 137 cm³/mol. The molecule has 5 nitrogen and oxygen atoms in total. The van der Waals surface area contributed by atoms with E-state index in [1.807, 2.05) is 60.7 Å². The van der Waals surface area contributed by atoms with Crippen molar-refractivity contribution in [1.82, 2.24) is 0 Å². The zero-order valence-electron chi connectivity index (χ0n) is 17.5. The molecule has 0 radical (unpaired) electrons. The van der Waals surface area contributed by atoms with Crippen LogP contribution >= 0.6 is 36.4 Å². The van der Waals surface area contributed by atoms with Gasteiger partial charge in [-0.25, -0.2) is 0 Å². The van der Waals surface area contributed by atoms with Crippen molar-refractivity contribution in [2.24, 2.45) is 0 Å². The smallest absolute Gasteiger partial charge is 0.295 e. The van der Waals surface area contributed by atoms with Crippen molar-refractivity contribution in [3.8, 4) is 5.75 Å². The number of benzene rings is 4. The van der Waals surface area contributed by atoms with E-state index < -0.39 is 15.9 Å². The minimum atomic E-state index is -4.56. The summed E-state index contributed by atoms with van der Waals surface area (Å²) in [5.74, 6) is -0.0154. The number of hydrogen-bond donors (Lipinski definition) is 2. The van der Waals surface area contributed by atoms with Crippen LogP contribution in [0.1, 0.15) is 15.9 Å². The van der Waals surface area contributed by atoms with Gasteiger partial charge in [-0.2, -0.15) is 8.42 Å². The summed E-state index contributed by atoms with van der Waals surface area (Å²) >= 11 is 6.57. The average molecular weight is 527 g/mol. The molecule has 0 bridgehead atoms. The zero-order valence-corrected chi connectivity index (χ0v) is 20.8. The van der Waals surface area contributed by atoms with Gasteiger partial charge in [0.25, 0.3) is 10.1 Å². The molecular weight excluding hydrogens is 509 g/mol. The molecule has 4 rings (SSSR count). The predicted octanol–water partition coefficient (Wildman–Crippen LogP) is 6.69. The van der Waals surface area contributed by atoms with Gasteiger partial charge in [-0.3, -0.25) is 9.35 Å². The Labute approximate surface area is 211 Å². The molecule has 4 aromatic rings. The molecule has 0 atom stereocenters. The van der Waals surface area contributed by atoms with E-state index in [1.165, 1.54) is 41.7 Å². The van der Waals surface area contributed by atoms with Gasteiger partial charge < -0.3 is 4.18 Å². The van der Waals surface area contributed by atoms with Crippen LogP contribution in [0.3, 0.4) is 0 Å². The Morgan fingerprint density at radius 2 is 1.24 bits per heavy atom. The number of ketones is 1. The molecular formula is C25H18O5S4. The highest BCUT2D eigenvalue weighted by molar-refractivity contribution is 8.00. The second-order valence-corrected chi connectivity index (χ2v) is 10.9. The first-order valence-corrected chi connectivity index (χ1v) is 13.4. The minimum absolute atomic E-state index is 0.124. The largest absolute Gasteiger partial charge is 0.428 e. The molecule has 0 aliphatic heterocycles. The van der Waals surface area contributed by atoms with Crippen LogP contribution in [-0.4, -0.2) is 18.8 Å². The van der Waals surface area contributed by atoms with Crippen LogP contribution < -0.4 is 4.18 Å². The number of hydrogen-bond acceptors (Lipinski definition) is 7. The summed E-state index contributed by atoms with van der Waals surface area (Å²) in [4.78, 5) is 15.7. The van der Waals surface area contributed by atoms with E-state index >= 15 is 0 Å². The Morgan fingerprint density at radius 1 is 0.735 bits per heavy atom. The fourth-order valence-corrected chi connectivity index (χ4v) is 6.12.